The van der Waals surface area contributed by atoms with Crippen LogP contribution in [0.3, 0.4) is 0 Å². The summed E-state index contributed by atoms with van der Waals surface area (Å²) in [4.78, 5) is 17.2. The molecule has 0 aliphatic carbocycles. The number of hydrogen-bond donors (Lipinski definition) is 0. The summed E-state index contributed by atoms with van der Waals surface area (Å²) in [6, 6.07) is 63.8. The summed E-state index contributed by atoms with van der Waals surface area (Å²) in [6.07, 6.45) is 1.75. The zero-order valence-electron chi connectivity index (χ0n) is 31.3. The monoisotopic (exact) mass is 721 g/mol. The number of para-hydroxylation sites is 2. The van der Waals surface area contributed by atoms with Crippen LogP contribution in [0.1, 0.15) is 6.92 Å². The number of nitrogens with zero attached hydrogens (tertiary/aromatic N) is 5. The number of aromatic nitrogens is 4. The maximum atomic E-state index is 5.00. The van der Waals surface area contributed by atoms with Gasteiger partial charge in [0, 0.05) is 57.0 Å². The van der Waals surface area contributed by atoms with Crippen LogP contribution in [0.5, 0.6) is 0 Å². The average molecular weight is 722 g/mol. The summed E-state index contributed by atoms with van der Waals surface area (Å²) in [7, 11) is 2.14. The van der Waals surface area contributed by atoms with Gasteiger partial charge in [-0.15, -0.1) is 6.58 Å². The first-order chi connectivity index (χ1) is 27.6. The lowest BCUT2D eigenvalue weighted by Gasteiger charge is -2.23. The van der Waals surface area contributed by atoms with Crippen LogP contribution in [0.25, 0.3) is 83.2 Å². The molecule has 8 aromatic carbocycles. The molecule has 0 aliphatic heterocycles. The van der Waals surface area contributed by atoms with E-state index < -0.39 is 0 Å². The van der Waals surface area contributed by atoms with Crippen molar-refractivity contribution < 1.29 is 0 Å². The van der Waals surface area contributed by atoms with Crippen LogP contribution in [-0.2, 0) is 0 Å². The molecule has 268 valence electrons. The minimum atomic E-state index is 0.633. The van der Waals surface area contributed by atoms with Crippen LogP contribution < -0.4 is 4.90 Å². The smallest absolute Gasteiger partial charge is 0.164 e. The summed E-state index contributed by atoms with van der Waals surface area (Å²) in [5.41, 5.74) is 8.54. The Morgan fingerprint density at radius 1 is 0.482 bits per heavy atom. The van der Waals surface area contributed by atoms with E-state index >= 15 is 0 Å². The molecule has 0 atom stereocenters. The molecule has 0 saturated carbocycles. The van der Waals surface area contributed by atoms with E-state index in [1.807, 2.05) is 67.6 Å². The summed E-state index contributed by atoms with van der Waals surface area (Å²) >= 11 is 0. The van der Waals surface area contributed by atoms with Gasteiger partial charge in [-0.2, -0.15) is 0 Å². The molecule has 0 aliphatic rings. The molecule has 10 aromatic rings. The van der Waals surface area contributed by atoms with Crippen LogP contribution in [0.15, 0.2) is 195 Å². The van der Waals surface area contributed by atoms with Crippen molar-refractivity contribution >= 4 is 54.7 Å². The van der Waals surface area contributed by atoms with Crippen LogP contribution in [0.2, 0.25) is 0 Å². The molecule has 0 unspecified atom stereocenters. The van der Waals surface area contributed by atoms with Gasteiger partial charge in [0.05, 0.1) is 11.0 Å². The first-order valence-electron chi connectivity index (χ1n) is 18.8. The first-order valence-corrected chi connectivity index (χ1v) is 18.8. The van der Waals surface area contributed by atoms with Crippen molar-refractivity contribution in [1.29, 1.82) is 0 Å². The minimum absolute atomic E-state index is 0.633. The Kier molecular flexibility index (Phi) is 9.10. The Hall–Kier alpha value is -7.37. The third-order valence-electron chi connectivity index (χ3n) is 10.2. The van der Waals surface area contributed by atoms with E-state index in [2.05, 4.69) is 144 Å². The molecule has 0 radical (unpaired) electrons. The zero-order valence-corrected chi connectivity index (χ0v) is 31.3. The second-order valence-electron chi connectivity index (χ2n) is 13.7. The predicted molar refractivity (Wildman–Crippen MR) is 236 cm³/mol. The highest BCUT2D eigenvalue weighted by molar-refractivity contribution is 6.27. The van der Waals surface area contributed by atoms with Crippen molar-refractivity contribution in [3.8, 4) is 39.9 Å². The third kappa shape index (κ3) is 6.15. The topological polar surface area (TPSA) is 46.8 Å². The number of fused-ring (bicyclic) bond motifs is 7. The Balaban J connectivity index is 0.00000133. The van der Waals surface area contributed by atoms with Gasteiger partial charge in [-0.1, -0.05) is 146 Å². The standard InChI is InChI=1S/C48H33N5.C3H6/c1-52(37-23-13-20-35(31-37)48-50-46(33-15-5-2-6-16-33)49-47(51-48)34-17-7-3-8-18-34)42-26-14-19-32-27-28-39-38(44(32)42)29-30-43-45(39)40-24-11-12-25-41(40)53(43)36-21-9-4-10-22-36;1-3-2/h2-31H,1H3;3H,1H2,2H3. The molecule has 10 rings (SSSR count). The number of allylic oxidation sites excluding steroid dienone is 1. The van der Waals surface area contributed by atoms with Gasteiger partial charge < -0.3 is 9.47 Å². The summed E-state index contributed by atoms with van der Waals surface area (Å²) < 4.78 is 2.38. The molecule has 0 spiro atoms. The van der Waals surface area contributed by atoms with Crippen molar-refractivity contribution in [3.05, 3.63) is 195 Å². The van der Waals surface area contributed by atoms with Crippen LogP contribution in [-0.4, -0.2) is 26.6 Å². The summed E-state index contributed by atoms with van der Waals surface area (Å²) in [6.45, 7) is 5.25. The van der Waals surface area contributed by atoms with Gasteiger partial charge in [0.2, 0.25) is 0 Å². The van der Waals surface area contributed by atoms with Gasteiger partial charge in [-0.25, -0.2) is 15.0 Å². The maximum absolute atomic E-state index is 5.00. The molecule has 0 N–H and O–H groups in total. The zero-order chi connectivity index (χ0) is 38.0. The molecule has 0 fully saturated rings. The van der Waals surface area contributed by atoms with E-state index in [1.54, 1.807) is 6.08 Å². The lowest BCUT2D eigenvalue weighted by atomic mass is 9.96. The van der Waals surface area contributed by atoms with E-state index in [9.17, 15) is 0 Å². The molecule has 2 heterocycles. The average Bonchev–Trinajstić information content (AvgIpc) is 3.61. The van der Waals surface area contributed by atoms with Crippen molar-refractivity contribution in [2.24, 2.45) is 0 Å². The fourth-order valence-corrected chi connectivity index (χ4v) is 7.71. The SMILES string of the molecule is C=CC.CN(c1cccc(-c2nc(-c3ccccc3)nc(-c3ccccc3)n2)c1)c1cccc2ccc3c(ccc4c3c3ccccc3n4-c3ccccc3)c12. The van der Waals surface area contributed by atoms with E-state index in [4.69, 9.17) is 15.0 Å². The highest BCUT2D eigenvalue weighted by Gasteiger charge is 2.19. The molecule has 0 bridgehead atoms. The Morgan fingerprint density at radius 3 is 1.70 bits per heavy atom. The number of rotatable bonds is 6. The molecule has 2 aromatic heterocycles. The van der Waals surface area contributed by atoms with Gasteiger partial charge >= 0.3 is 0 Å². The van der Waals surface area contributed by atoms with E-state index in [-0.39, 0.29) is 0 Å². The summed E-state index contributed by atoms with van der Waals surface area (Å²) in [5.74, 6) is 1.93. The van der Waals surface area contributed by atoms with Crippen LogP contribution in [0.4, 0.5) is 11.4 Å². The van der Waals surface area contributed by atoms with Gasteiger partial charge in [0.25, 0.3) is 0 Å². The quantitative estimate of drug-likeness (QED) is 0.127. The highest BCUT2D eigenvalue weighted by atomic mass is 15.1. The number of benzene rings is 8. The number of hydrogen-bond acceptors (Lipinski definition) is 4. The number of anilines is 2. The van der Waals surface area contributed by atoms with Crippen LogP contribution >= 0.6 is 0 Å². The van der Waals surface area contributed by atoms with Crippen molar-refractivity contribution in [3.63, 3.8) is 0 Å². The third-order valence-corrected chi connectivity index (χ3v) is 10.2. The van der Waals surface area contributed by atoms with Crippen molar-refractivity contribution in [2.75, 3.05) is 11.9 Å². The fourth-order valence-electron chi connectivity index (χ4n) is 7.71. The predicted octanol–water partition coefficient (Wildman–Crippen LogP) is 13.2. The lowest BCUT2D eigenvalue weighted by molar-refractivity contribution is 1.07. The fraction of sp³-hybridized carbons (Fsp3) is 0.0392. The Morgan fingerprint density at radius 2 is 1.02 bits per heavy atom. The van der Waals surface area contributed by atoms with Crippen LogP contribution in [0, 0.1) is 0 Å². The van der Waals surface area contributed by atoms with E-state index in [0.717, 1.165) is 33.8 Å². The molecule has 56 heavy (non-hydrogen) atoms. The van der Waals surface area contributed by atoms with Crippen molar-refractivity contribution in [1.82, 2.24) is 19.5 Å². The Bertz CT molecular complexity index is 2950. The van der Waals surface area contributed by atoms with Gasteiger partial charge in [0.15, 0.2) is 17.5 Å². The highest BCUT2D eigenvalue weighted by Crippen LogP contribution is 2.42. The van der Waals surface area contributed by atoms with E-state index in [1.165, 1.54) is 43.4 Å². The summed E-state index contributed by atoms with van der Waals surface area (Å²) in [5, 5.41) is 7.39. The van der Waals surface area contributed by atoms with Gasteiger partial charge in [-0.05, 0) is 65.5 Å². The molecule has 5 heteroatoms. The molecular formula is C51H39N5. The normalized spacial score (nSPS) is 11.1. The minimum Gasteiger partial charge on any atom is -0.344 e. The molecule has 5 nitrogen and oxygen atoms in total. The lowest BCUT2D eigenvalue weighted by Crippen LogP contribution is -2.10. The van der Waals surface area contributed by atoms with Gasteiger partial charge in [0.1, 0.15) is 0 Å². The molecule has 0 amide bonds. The Labute approximate surface area is 326 Å². The molecular weight excluding hydrogens is 683 g/mol. The second kappa shape index (κ2) is 14.8. The van der Waals surface area contributed by atoms with Gasteiger partial charge in [-0.3, -0.25) is 0 Å². The van der Waals surface area contributed by atoms with E-state index in [0.29, 0.717) is 17.5 Å². The first kappa shape index (κ1) is 34.4. The molecule has 0 saturated heterocycles. The largest absolute Gasteiger partial charge is 0.344 e. The second-order valence-corrected chi connectivity index (χ2v) is 13.7. The van der Waals surface area contributed by atoms with Crippen molar-refractivity contribution in [2.45, 2.75) is 6.92 Å². The maximum Gasteiger partial charge on any atom is 0.164 e.